The zero-order valence-electron chi connectivity index (χ0n) is 33.0. The number of ether oxygens (including phenoxy) is 6. The molecule has 2 amide bonds. The summed E-state index contributed by atoms with van der Waals surface area (Å²) >= 11 is 0. The summed E-state index contributed by atoms with van der Waals surface area (Å²) in [5.41, 5.74) is 2.09. The Morgan fingerprint density at radius 1 is 0.448 bits per heavy atom. The first-order valence-corrected chi connectivity index (χ1v) is 18.1. The molecular weight excluding hydrogens is 747 g/mol. The molecule has 0 heterocycles. The van der Waals surface area contributed by atoms with Gasteiger partial charge in [0.15, 0.2) is 11.5 Å². The molecule has 0 saturated carbocycles. The van der Waals surface area contributed by atoms with Crippen LogP contribution in [0.1, 0.15) is 25.0 Å². The molecular formula is C46H44F2N2O8. The maximum Gasteiger partial charge on any atom is 0.224 e. The molecule has 0 radical (unpaired) electrons. The largest absolute Gasteiger partial charge is 0.497 e. The van der Waals surface area contributed by atoms with Crippen molar-refractivity contribution in [1.82, 2.24) is 0 Å². The summed E-state index contributed by atoms with van der Waals surface area (Å²) in [5.74, 6) is 2.90. The Labute approximate surface area is 336 Å². The van der Waals surface area contributed by atoms with Crippen molar-refractivity contribution in [3.8, 4) is 46.0 Å². The summed E-state index contributed by atoms with van der Waals surface area (Å²) in [5, 5.41) is 0. The molecule has 0 saturated heterocycles. The second-order valence-corrected chi connectivity index (χ2v) is 12.6. The van der Waals surface area contributed by atoms with Crippen molar-refractivity contribution in [2.45, 2.75) is 26.9 Å². The van der Waals surface area contributed by atoms with Gasteiger partial charge >= 0.3 is 0 Å². The van der Waals surface area contributed by atoms with E-state index < -0.39 is 11.6 Å². The summed E-state index contributed by atoms with van der Waals surface area (Å²) in [4.78, 5) is 27.9. The van der Waals surface area contributed by atoms with Crippen molar-refractivity contribution in [2.24, 2.45) is 0 Å². The number of amides is 2. The lowest BCUT2D eigenvalue weighted by molar-refractivity contribution is -0.117. The summed E-state index contributed by atoms with van der Waals surface area (Å²) in [6.45, 7) is 3.16. The van der Waals surface area contributed by atoms with Gasteiger partial charge in [0, 0.05) is 37.1 Å². The van der Waals surface area contributed by atoms with Crippen LogP contribution in [-0.4, -0.2) is 40.3 Å². The predicted octanol–water partition coefficient (Wildman–Crippen LogP) is 10.4. The first-order chi connectivity index (χ1) is 28.0. The topological polar surface area (TPSA) is 96.0 Å². The third-order valence-electron chi connectivity index (χ3n) is 8.76. The van der Waals surface area contributed by atoms with Crippen molar-refractivity contribution < 1.29 is 46.8 Å². The normalized spacial score (nSPS) is 10.3. The third-order valence-corrected chi connectivity index (χ3v) is 8.76. The van der Waals surface area contributed by atoms with Gasteiger partial charge < -0.3 is 38.2 Å². The van der Waals surface area contributed by atoms with E-state index in [0.717, 1.165) is 11.1 Å². The number of hydrogen-bond donors (Lipinski definition) is 0. The van der Waals surface area contributed by atoms with Gasteiger partial charge in [-0.25, -0.2) is 8.78 Å². The molecule has 6 aromatic rings. The van der Waals surface area contributed by atoms with Crippen LogP contribution in [-0.2, 0) is 22.7 Å². The van der Waals surface area contributed by atoms with Gasteiger partial charge in [-0.15, -0.1) is 0 Å². The van der Waals surface area contributed by atoms with Crippen LogP contribution in [0.3, 0.4) is 0 Å². The summed E-state index contributed by atoms with van der Waals surface area (Å²) in [6.07, 6.45) is 0. The Kier molecular flexibility index (Phi) is 14.6. The number of halogens is 2. The smallest absolute Gasteiger partial charge is 0.224 e. The minimum absolute atomic E-state index is 0.157. The highest BCUT2D eigenvalue weighted by Gasteiger charge is 2.22. The summed E-state index contributed by atoms with van der Waals surface area (Å²) < 4.78 is 61.4. The molecule has 0 fully saturated rings. The standard InChI is InChI=1S/2C23H22FNO4/c2*1-16(26)25(15-17-13-20(27-2)10-12-22(17)28-3)21-14-18(24)9-11-23(21)29-19-7-5-4-6-8-19/h2*4-14H,15H2,1-3H3. The van der Waals surface area contributed by atoms with Crippen molar-refractivity contribution in [3.63, 3.8) is 0 Å². The second kappa shape index (κ2) is 20.2. The number of carbonyl (C=O) groups excluding carboxylic acids is 2. The van der Waals surface area contributed by atoms with Crippen molar-refractivity contribution in [3.05, 3.63) is 156 Å². The van der Waals surface area contributed by atoms with Gasteiger partial charge in [-0.05, 0) is 84.9 Å². The summed E-state index contributed by atoms with van der Waals surface area (Å²) in [7, 11) is 6.23. The summed E-state index contributed by atoms with van der Waals surface area (Å²) in [6, 6.07) is 37.1. The highest BCUT2D eigenvalue weighted by atomic mass is 19.1. The Bertz CT molecular complexity index is 2150. The molecule has 6 aromatic carbocycles. The van der Waals surface area contributed by atoms with E-state index in [1.807, 2.05) is 36.4 Å². The molecule has 10 nitrogen and oxygen atoms in total. The first-order valence-electron chi connectivity index (χ1n) is 18.1. The van der Waals surface area contributed by atoms with Crippen LogP contribution in [0, 0.1) is 11.6 Å². The number of carbonyl (C=O) groups is 2. The molecule has 300 valence electrons. The van der Waals surface area contributed by atoms with Crippen LogP contribution in [0.4, 0.5) is 20.2 Å². The molecule has 0 aliphatic heterocycles. The van der Waals surface area contributed by atoms with Gasteiger partial charge in [-0.2, -0.15) is 0 Å². The molecule has 58 heavy (non-hydrogen) atoms. The average molecular weight is 791 g/mol. The lowest BCUT2D eigenvalue weighted by Crippen LogP contribution is -2.28. The van der Waals surface area contributed by atoms with Gasteiger partial charge in [0.25, 0.3) is 0 Å². The Balaban J connectivity index is 0.000000221. The van der Waals surface area contributed by atoms with Crippen molar-refractivity contribution in [2.75, 3.05) is 38.2 Å². The number of rotatable bonds is 14. The molecule has 0 N–H and O–H groups in total. The molecule has 0 spiro atoms. The number of methoxy groups -OCH3 is 4. The maximum atomic E-state index is 14.1. The molecule has 12 heteroatoms. The molecule has 0 atom stereocenters. The molecule has 0 bridgehead atoms. The Hall–Kier alpha value is -7.08. The third kappa shape index (κ3) is 11.0. The fraction of sp³-hybridized carbons (Fsp3) is 0.174. The first kappa shape index (κ1) is 42.1. The maximum absolute atomic E-state index is 14.1. The molecule has 0 aliphatic carbocycles. The van der Waals surface area contributed by atoms with E-state index in [2.05, 4.69) is 0 Å². The van der Waals surface area contributed by atoms with E-state index in [0.29, 0.717) is 57.4 Å². The lowest BCUT2D eigenvalue weighted by Gasteiger charge is -2.25. The zero-order chi connectivity index (χ0) is 41.6. The van der Waals surface area contributed by atoms with Crippen molar-refractivity contribution >= 4 is 23.2 Å². The average Bonchev–Trinajstić information content (AvgIpc) is 3.23. The minimum Gasteiger partial charge on any atom is -0.497 e. The zero-order valence-corrected chi connectivity index (χ0v) is 33.0. The Morgan fingerprint density at radius 3 is 1.14 bits per heavy atom. The van der Waals surface area contributed by atoms with Crippen molar-refractivity contribution in [1.29, 1.82) is 0 Å². The Morgan fingerprint density at radius 2 is 0.810 bits per heavy atom. The van der Waals surface area contributed by atoms with E-state index in [-0.39, 0.29) is 24.9 Å². The van der Waals surface area contributed by atoms with E-state index >= 15 is 0 Å². The SMILES string of the molecule is COc1ccc(OC)c(CN(C(C)=O)c2cc(F)ccc2Oc2ccccc2)c1.COc1ccc(OC)c(CN(C(C)=O)c2cc(F)ccc2Oc2ccccc2)c1. The van der Waals surface area contributed by atoms with Crippen LogP contribution < -0.4 is 38.2 Å². The van der Waals surface area contributed by atoms with Crippen LogP contribution in [0.25, 0.3) is 0 Å². The highest BCUT2D eigenvalue weighted by Crippen LogP contribution is 2.37. The van der Waals surface area contributed by atoms with Gasteiger partial charge in [-0.1, -0.05) is 36.4 Å². The fourth-order valence-electron chi connectivity index (χ4n) is 5.89. The monoisotopic (exact) mass is 790 g/mol. The van der Waals surface area contributed by atoms with Gasteiger partial charge in [-0.3, -0.25) is 9.59 Å². The quantitative estimate of drug-likeness (QED) is 0.108. The second-order valence-electron chi connectivity index (χ2n) is 12.6. The number of nitrogens with zero attached hydrogens (tertiary/aromatic N) is 2. The van der Waals surface area contributed by atoms with Gasteiger partial charge in [0.05, 0.1) is 52.9 Å². The van der Waals surface area contributed by atoms with E-state index in [4.69, 9.17) is 28.4 Å². The van der Waals surface area contributed by atoms with Gasteiger partial charge in [0.1, 0.15) is 46.1 Å². The number of para-hydroxylation sites is 2. The molecule has 0 aliphatic rings. The number of benzene rings is 6. The molecule has 0 unspecified atom stereocenters. The van der Waals surface area contributed by atoms with E-state index in [1.54, 1.807) is 89.1 Å². The lowest BCUT2D eigenvalue weighted by atomic mass is 10.1. The van der Waals surface area contributed by atoms with E-state index in [9.17, 15) is 18.4 Å². The molecule has 0 aromatic heterocycles. The van der Waals surface area contributed by atoms with Crippen LogP contribution in [0.2, 0.25) is 0 Å². The van der Waals surface area contributed by atoms with Gasteiger partial charge in [0.2, 0.25) is 11.8 Å². The molecule has 6 rings (SSSR count). The van der Waals surface area contributed by atoms with Crippen LogP contribution >= 0.6 is 0 Å². The number of hydrogen-bond acceptors (Lipinski definition) is 8. The van der Waals surface area contributed by atoms with E-state index in [1.165, 1.54) is 60.0 Å². The van der Waals surface area contributed by atoms with Crippen LogP contribution in [0.15, 0.2) is 133 Å². The van der Waals surface area contributed by atoms with Crippen LogP contribution in [0.5, 0.6) is 46.0 Å². The number of anilines is 2. The fourth-order valence-corrected chi connectivity index (χ4v) is 5.89. The predicted molar refractivity (Wildman–Crippen MR) is 219 cm³/mol. The minimum atomic E-state index is -0.468. The highest BCUT2D eigenvalue weighted by molar-refractivity contribution is 5.94.